The van der Waals surface area contributed by atoms with Gasteiger partial charge in [-0.25, -0.2) is 0 Å². The summed E-state index contributed by atoms with van der Waals surface area (Å²) >= 11 is 1.86. The third-order valence-corrected chi connectivity index (χ3v) is 3.70. The fourth-order valence-corrected chi connectivity index (χ4v) is 2.58. The highest BCUT2D eigenvalue weighted by molar-refractivity contribution is 7.99. The van der Waals surface area contributed by atoms with Gasteiger partial charge in [-0.1, -0.05) is 25.1 Å². The van der Waals surface area contributed by atoms with Gasteiger partial charge in [0, 0.05) is 23.0 Å². The molecule has 0 aliphatic rings. The molecule has 0 radical (unpaired) electrons. The van der Waals surface area contributed by atoms with Crippen LogP contribution in [-0.4, -0.2) is 10.7 Å². The van der Waals surface area contributed by atoms with Crippen molar-refractivity contribution in [1.82, 2.24) is 4.98 Å². The molecular formula is C15H18N2S. The standard InChI is InChI=1S/C15H18N2S/c1-3-18-15-9-5-4-8-14(15)17-12(2)13-7-6-10-16-11-13/h4-12,17H,3H2,1-2H3. The SMILES string of the molecule is CCSc1ccccc1NC(C)c1cccnc1. The fourth-order valence-electron chi connectivity index (χ4n) is 1.82. The smallest absolute Gasteiger partial charge is 0.0501 e. The first-order chi connectivity index (χ1) is 8.81. The number of aromatic nitrogens is 1. The van der Waals surface area contributed by atoms with Gasteiger partial charge >= 0.3 is 0 Å². The Hall–Kier alpha value is -1.48. The molecule has 1 unspecified atom stereocenters. The molecule has 3 heteroatoms. The highest BCUT2D eigenvalue weighted by Crippen LogP contribution is 2.29. The molecule has 0 amide bonds. The molecule has 1 aromatic carbocycles. The predicted octanol–water partition coefficient (Wildman–Crippen LogP) is 4.37. The quantitative estimate of drug-likeness (QED) is 0.806. The number of rotatable bonds is 5. The van der Waals surface area contributed by atoms with Crippen LogP contribution in [0.5, 0.6) is 0 Å². The maximum absolute atomic E-state index is 4.16. The van der Waals surface area contributed by atoms with Crippen LogP contribution in [0, 0.1) is 0 Å². The minimum absolute atomic E-state index is 0.261. The molecule has 1 atom stereocenters. The highest BCUT2D eigenvalue weighted by atomic mass is 32.2. The van der Waals surface area contributed by atoms with Crippen LogP contribution in [0.25, 0.3) is 0 Å². The number of hydrogen-bond donors (Lipinski definition) is 1. The van der Waals surface area contributed by atoms with Crippen LogP contribution in [0.1, 0.15) is 25.5 Å². The van der Waals surface area contributed by atoms with Gasteiger partial charge in [0.1, 0.15) is 0 Å². The lowest BCUT2D eigenvalue weighted by Crippen LogP contribution is -2.07. The van der Waals surface area contributed by atoms with Crippen LogP contribution in [0.2, 0.25) is 0 Å². The Morgan fingerprint density at radius 2 is 2.06 bits per heavy atom. The molecule has 94 valence electrons. The maximum atomic E-state index is 4.16. The van der Waals surface area contributed by atoms with Gasteiger partial charge in [-0.15, -0.1) is 11.8 Å². The molecule has 0 aliphatic heterocycles. The first kappa shape index (κ1) is 13.0. The molecule has 1 N–H and O–H groups in total. The molecule has 0 aliphatic carbocycles. The van der Waals surface area contributed by atoms with Crippen LogP contribution in [0.4, 0.5) is 5.69 Å². The van der Waals surface area contributed by atoms with E-state index in [1.165, 1.54) is 16.1 Å². The number of anilines is 1. The fraction of sp³-hybridized carbons (Fsp3) is 0.267. The molecule has 2 aromatic rings. The third kappa shape index (κ3) is 3.26. The minimum Gasteiger partial charge on any atom is -0.378 e. The van der Waals surface area contributed by atoms with E-state index in [0.29, 0.717) is 0 Å². The molecule has 0 saturated heterocycles. The van der Waals surface area contributed by atoms with E-state index >= 15 is 0 Å². The molecule has 2 rings (SSSR count). The van der Waals surface area contributed by atoms with Gasteiger partial charge in [0.2, 0.25) is 0 Å². The lowest BCUT2D eigenvalue weighted by Gasteiger charge is -2.17. The molecule has 0 spiro atoms. The average Bonchev–Trinajstić information content (AvgIpc) is 2.42. The first-order valence-corrected chi connectivity index (χ1v) is 7.18. The molecule has 0 fully saturated rings. The van der Waals surface area contributed by atoms with E-state index < -0.39 is 0 Å². The number of nitrogens with zero attached hydrogens (tertiary/aromatic N) is 1. The van der Waals surface area contributed by atoms with Gasteiger partial charge in [0.25, 0.3) is 0 Å². The van der Waals surface area contributed by atoms with Crippen molar-refractivity contribution in [2.75, 3.05) is 11.1 Å². The molecule has 18 heavy (non-hydrogen) atoms. The topological polar surface area (TPSA) is 24.9 Å². The molecule has 1 aromatic heterocycles. The van der Waals surface area contributed by atoms with Crippen molar-refractivity contribution >= 4 is 17.4 Å². The number of pyridine rings is 1. The number of nitrogens with one attached hydrogen (secondary N) is 1. The Kier molecular flexibility index (Phi) is 4.65. The molecule has 0 bridgehead atoms. The molecule has 1 heterocycles. The largest absolute Gasteiger partial charge is 0.378 e. The van der Waals surface area contributed by atoms with Crippen molar-refractivity contribution < 1.29 is 0 Å². The lowest BCUT2D eigenvalue weighted by atomic mass is 10.1. The number of hydrogen-bond acceptors (Lipinski definition) is 3. The summed E-state index contributed by atoms with van der Waals surface area (Å²) in [5.74, 6) is 1.08. The molecule has 2 nitrogen and oxygen atoms in total. The Morgan fingerprint density at radius 3 is 2.78 bits per heavy atom. The van der Waals surface area contributed by atoms with Crippen molar-refractivity contribution in [1.29, 1.82) is 0 Å². The van der Waals surface area contributed by atoms with Crippen molar-refractivity contribution in [2.24, 2.45) is 0 Å². The first-order valence-electron chi connectivity index (χ1n) is 6.19. The highest BCUT2D eigenvalue weighted by Gasteiger charge is 2.07. The van der Waals surface area contributed by atoms with Crippen LogP contribution in [0.15, 0.2) is 53.7 Å². The van der Waals surface area contributed by atoms with Crippen molar-refractivity contribution in [2.45, 2.75) is 24.8 Å². The summed E-state index contributed by atoms with van der Waals surface area (Å²) in [6, 6.07) is 12.8. The Bertz CT molecular complexity index is 485. The Morgan fingerprint density at radius 1 is 1.22 bits per heavy atom. The summed E-state index contributed by atoms with van der Waals surface area (Å²) in [5.41, 5.74) is 2.40. The predicted molar refractivity (Wildman–Crippen MR) is 79.1 cm³/mol. The summed E-state index contributed by atoms with van der Waals surface area (Å²) in [5, 5.41) is 3.55. The van der Waals surface area contributed by atoms with Gasteiger partial charge in [-0.05, 0) is 36.4 Å². The second-order valence-electron chi connectivity index (χ2n) is 4.08. The van der Waals surface area contributed by atoms with E-state index in [-0.39, 0.29) is 6.04 Å². The summed E-state index contributed by atoms with van der Waals surface area (Å²) in [6.45, 7) is 4.33. The summed E-state index contributed by atoms with van der Waals surface area (Å²) in [4.78, 5) is 5.46. The molecular weight excluding hydrogens is 240 g/mol. The van der Waals surface area contributed by atoms with Crippen molar-refractivity contribution in [3.05, 3.63) is 54.4 Å². The second-order valence-corrected chi connectivity index (χ2v) is 5.39. The van der Waals surface area contributed by atoms with Gasteiger partial charge in [0.05, 0.1) is 6.04 Å². The van der Waals surface area contributed by atoms with E-state index in [0.717, 1.165) is 5.75 Å². The van der Waals surface area contributed by atoms with E-state index in [4.69, 9.17) is 0 Å². The van der Waals surface area contributed by atoms with Crippen LogP contribution >= 0.6 is 11.8 Å². The second kappa shape index (κ2) is 6.45. The van der Waals surface area contributed by atoms with Gasteiger partial charge < -0.3 is 5.32 Å². The van der Waals surface area contributed by atoms with Crippen LogP contribution < -0.4 is 5.32 Å². The lowest BCUT2D eigenvalue weighted by molar-refractivity contribution is 0.871. The normalized spacial score (nSPS) is 12.1. The minimum atomic E-state index is 0.261. The van der Waals surface area contributed by atoms with Crippen LogP contribution in [0.3, 0.4) is 0 Å². The van der Waals surface area contributed by atoms with E-state index in [9.17, 15) is 0 Å². The average molecular weight is 258 g/mol. The van der Waals surface area contributed by atoms with E-state index in [1.54, 1.807) is 6.20 Å². The Labute approximate surface area is 113 Å². The van der Waals surface area contributed by atoms with Crippen molar-refractivity contribution in [3.63, 3.8) is 0 Å². The van der Waals surface area contributed by atoms with Gasteiger partial charge in [-0.2, -0.15) is 0 Å². The summed E-state index contributed by atoms with van der Waals surface area (Å²) < 4.78 is 0. The molecule has 0 saturated carbocycles. The van der Waals surface area contributed by atoms with Gasteiger partial charge in [0.15, 0.2) is 0 Å². The Balaban J connectivity index is 2.14. The number of para-hydroxylation sites is 1. The monoisotopic (exact) mass is 258 g/mol. The maximum Gasteiger partial charge on any atom is 0.0501 e. The zero-order valence-corrected chi connectivity index (χ0v) is 11.6. The zero-order chi connectivity index (χ0) is 12.8. The van der Waals surface area contributed by atoms with Crippen LogP contribution in [-0.2, 0) is 0 Å². The summed E-state index contributed by atoms with van der Waals surface area (Å²) in [6.07, 6.45) is 3.71. The number of thioether (sulfide) groups is 1. The van der Waals surface area contributed by atoms with E-state index in [1.807, 2.05) is 24.0 Å². The van der Waals surface area contributed by atoms with E-state index in [2.05, 4.69) is 54.5 Å². The zero-order valence-electron chi connectivity index (χ0n) is 10.8. The van der Waals surface area contributed by atoms with Crippen molar-refractivity contribution in [3.8, 4) is 0 Å². The summed E-state index contributed by atoms with van der Waals surface area (Å²) in [7, 11) is 0. The third-order valence-electron chi connectivity index (χ3n) is 2.74. The van der Waals surface area contributed by atoms with Gasteiger partial charge in [-0.3, -0.25) is 4.98 Å². The number of benzene rings is 1.